The van der Waals surface area contributed by atoms with Crippen molar-refractivity contribution in [3.63, 3.8) is 0 Å². The number of rotatable bonds is 13. The van der Waals surface area contributed by atoms with Crippen LogP contribution in [0.2, 0.25) is 0 Å². The highest BCUT2D eigenvalue weighted by atomic mass is 32.3. The first kappa shape index (κ1) is 47.1. The molecule has 0 amide bonds. The lowest BCUT2D eigenvalue weighted by Gasteiger charge is -2.53. The summed E-state index contributed by atoms with van der Waals surface area (Å²) in [4.78, 5) is 26.5. The van der Waals surface area contributed by atoms with E-state index < -0.39 is 26.0 Å². The highest BCUT2D eigenvalue weighted by molar-refractivity contribution is 8.55. The molecule has 0 aliphatic carbocycles. The van der Waals surface area contributed by atoms with Crippen LogP contribution >= 0.6 is 46.0 Å². The Morgan fingerprint density at radius 1 is 0.324 bits per heavy atom. The minimum Gasteiger partial charge on any atom is -0.294 e. The van der Waals surface area contributed by atoms with Gasteiger partial charge in [0, 0.05) is 0 Å². The van der Waals surface area contributed by atoms with E-state index in [1.807, 2.05) is 0 Å². The fourth-order valence-corrected chi connectivity index (χ4v) is 33.1. The first-order valence-electron chi connectivity index (χ1n) is 22.6. The molecule has 9 aromatic carbocycles. The molecule has 0 aromatic heterocycles. The molecule has 10 rings (SSSR count). The molecular weight excluding hydrogens is 922 g/mol. The summed E-state index contributed by atoms with van der Waals surface area (Å²) in [5.41, 5.74) is 0.296. The maximum atomic E-state index is 13.3. The predicted molar refractivity (Wildman–Crippen MR) is 302 cm³/mol. The number of carbonyl (C=O) groups is 2. The van der Waals surface area contributed by atoms with Crippen LogP contribution < -0.4 is 47.7 Å². The summed E-state index contributed by atoms with van der Waals surface area (Å²) in [6.45, 7) is 3.04. The number of benzene rings is 9. The molecule has 0 unspecified atom stereocenters. The van der Waals surface area contributed by atoms with Gasteiger partial charge in [-0.1, -0.05) is 200 Å². The second-order valence-corrected chi connectivity index (χ2v) is 30.1. The Morgan fingerprint density at radius 2 is 0.515 bits per heavy atom. The normalized spacial score (nSPS) is 13.1. The lowest BCUT2D eigenvalue weighted by atomic mass is 10.1. The van der Waals surface area contributed by atoms with Crippen molar-refractivity contribution in [2.75, 3.05) is 0 Å². The molecule has 9 aromatic rings. The van der Waals surface area contributed by atoms with Crippen LogP contribution in [0.15, 0.2) is 283 Å². The fraction of sp³-hybridized carbons (Fsp3) is 0.0492. The Labute approximate surface area is 412 Å². The van der Waals surface area contributed by atoms with Crippen LogP contribution in [0.4, 0.5) is 0 Å². The largest absolute Gasteiger partial charge is 0.303 e. The summed E-state index contributed by atoms with van der Waals surface area (Å²) >= 11 is 3.54. The van der Waals surface area contributed by atoms with Crippen LogP contribution in [0, 0.1) is 0 Å². The van der Waals surface area contributed by atoms with Crippen LogP contribution in [0.25, 0.3) is 0 Å². The molecule has 7 heteroatoms. The Hall–Kier alpha value is -5.95. The number of ketones is 2. The van der Waals surface area contributed by atoms with E-state index in [1.54, 1.807) is 23.5 Å². The van der Waals surface area contributed by atoms with Gasteiger partial charge in [-0.2, -0.15) is 0 Å². The van der Waals surface area contributed by atoms with Crippen LogP contribution in [-0.4, -0.2) is 15.1 Å². The fourth-order valence-electron chi connectivity index (χ4n) is 9.35. The Morgan fingerprint density at radius 3 is 0.706 bits per heavy atom. The molecule has 68 heavy (non-hydrogen) atoms. The molecule has 1 fully saturated rings. The van der Waals surface area contributed by atoms with Gasteiger partial charge in [-0.15, -0.1) is 0 Å². The third kappa shape index (κ3) is 8.82. The monoisotopic (exact) mass is 972 g/mol. The third-order valence-corrected chi connectivity index (χ3v) is 31.2. The summed E-state index contributed by atoms with van der Waals surface area (Å²) in [6, 6.07) is 98.2. The van der Waals surface area contributed by atoms with E-state index in [4.69, 9.17) is 0 Å². The topological polar surface area (TPSA) is 34.1 Å². The van der Waals surface area contributed by atoms with Gasteiger partial charge in [0.25, 0.3) is 0 Å². The molecule has 0 saturated carbocycles. The predicted octanol–water partition coefficient (Wildman–Crippen LogP) is 11.9. The first-order chi connectivity index (χ1) is 33.4. The average molecular weight is 973 g/mol. The third-order valence-electron chi connectivity index (χ3n) is 12.1. The Balaban J connectivity index is 0.000000253. The van der Waals surface area contributed by atoms with Crippen LogP contribution in [0.3, 0.4) is 0 Å². The molecule has 0 radical (unpaired) electrons. The second kappa shape index (κ2) is 21.6. The quantitative estimate of drug-likeness (QED) is 0.0499. The molecule has 0 spiro atoms. The lowest BCUT2D eigenvalue weighted by Crippen LogP contribution is -2.55. The van der Waals surface area contributed by atoms with Gasteiger partial charge < -0.3 is 0 Å². The van der Waals surface area contributed by atoms with Crippen molar-refractivity contribution in [3.05, 3.63) is 283 Å². The van der Waals surface area contributed by atoms with Crippen molar-refractivity contribution in [3.8, 4) is 0 Å². The summed E-state index contributed by atoms with van der Waals surface area (Å²) in [5, 5.41) is 11.7. The van der Waals surface area contributed by atoms with Crippen LogP contribution in [0.1, 0.15) is 13.8 Å². The van der Waals surface area contributed by atoms with Gasteiger partial charge >= 0.3 is 3.56 Å². The maximum absolute atomic E-state index is 13.3. The van der Waals surface area contributed by atoms with Gasteiger partial charge in [0.15, 0.2) is 26.1 Å². The van der Waals surface area contributed by atoms with Crippen molar-refractivity contribution in [2.45, 2.75) is 17.4 Å². The number of Topliss-reactive ketones (excluding diaryl/α,β-unsaturated/α-hetero) is 2. The molecule has 1 saturated heterocycles. The van der Waals surface area contributed by atoms with E-state index in [0.29, 0.717) is 5.57 Å². The van der Waals surface area contributed by atoms with Crippen molar-refractivity contribution < 1.29 is 9.59 Å². The number of hydrogen-bond acceptors (Lipinski definition) is 4. The van der Waals surface area contributed by atoms with Crippen molar-refractivity contribution in [2.24, 2.45) is 0 Å². The van der Waals surface area contributed by atoms with Crippen LogP contribution in [-0.2, 0) is 9.59 Å². The standard InChI is InChI=1S/C43H36O2P2S2.C18H15P/c1-33(44)41(34(2)45)42-48-43(49-42,46(35-21-9-3-10-22-35,36-23-11-4-12-24-36)37-25-13-5-14-26-37)47(38-27-15-6-16-28-38,39-29-17-7-18-30-39)40-31-19-8-20-32-40;1-4-10-16(11-5-1)19(17-12-6-2-7-13-17)18-14-8-3-9-15-18/h3-32H,1-2H3;1-15H/q+2;. The van der Waals surface area contributed by atoms with Crippen molar-refractivity contribution in [1.82, 2.24) is 0 Å². The number of hydrogen-bond donors (Lipinski definition) is 0. The smallest absolute Gasteiger partial charge is 0.294 e. The zero-order valence-corrected chi connectivity index (χ0v) is 42.3. The minimum absolute atomic E-state index is 0.192. The number of carbonyl (C=O) groups excluding carboxylic acids is 2. The lowest BCUT2D eigenvalue weighted by molar-refractivity contribution is -0.119. The first-order valence-corrected chi connectivity index (χ1v) is 29.2. The molecule has 0 bridgehead atoms. The van der Waals surface area contributed by atoms with E-state index in [2.05, 4.69) is 273 Å². The highest BCUT2D eigenvalue weighted by Crippen LogP contribution is 2.97. The molecule has 1 heterocycles. The van der Waals surface area contributed by atoms with E-state index in [9.17, 15) is 9.59 Å². The van der Waals surface area contributed by atoms with Gasteiger partial charge in [-0.3, -0.25) is 9.59 Å². The number of allylic oxidation sites excluding steroid dienone is 1. The number of thioether (sulfide) groups is 2. The molecule has 2 nitrogen and oxygen atoms in total. The van der Waals surface area contributed by atoms with E-state index in [0.717, 1.165) is 4.24 Å². The average Bonchev–Trinajstić information content (AvgIpc) is 3.39. The molecule has 0 N–H and O–H groups in total. The van der Waals surface area contributed by atoms with Gasteiger partial charge in [0.1, 0.15) is 31.8 Å². The highest BCUT2D eigenvalue weighted by Gasteiger charge is 2.85. The minimum atomic E-state index is -2.73. The molecule has 1 aliphatic heterocycles. The Kier molecular flexibility index (Phi) is 14.9. The zero-order valence-electron chi connectivity index (χ0n) is 38.0. The van der Waals surface area contributed by atoms with Crippen molar-refractivity contribution >= 4 is 105 Å². The van der Waals surface area contributed by atoms with Gasteiger partial charge in [-0.25, -0.2) is 0 Å². The molecule has 0 atom stereocenters. The van der Waals surface area contributed by atoms with E-state index in [1.165, 1.54) is 61.6 Å². The van der Waals surface area contributed by atoms with Gasteiger partial charge in [-0.05, 0) is 134 Å². The SMILES string of the molecule is CC(=O)C(C(C)=O)=C1SC([P+](c2ccccc2)(c2ccccc2)c2ccccc2)([P+](c2ccccc2)(c2ccccc2)c2ccccc2)S1.c1ccc(P(c2ccccc2)c2ccccc2)cc1. The Bertz CT molecular complexity index is 2650. The summed E-state index contributed by atoms with van der Waals surface area (Å²) in [5.74, 6) is -0.385. The molecule has 332 valence electrons. The molecule has 1 aliphatic rings. The summed E-state index contributed by atoms with van der Waals surface area (Å²) in [7, 11) is -5.90. The van der Waals surface area contributed by atoms with E-state index in [-0.39, 0.29) is 11.6 Å². The zero-order chi connectivity index (χ0) is 46.8. The van der Waals surface area contributed by atoms with Gasteiger partial charge in [0.2, 0.25) is 0 Å². The summed E-state index contributed by atoms with van der Waals surface area (Å²) < 4.78 is 0.193. The summed E-state index contributed by atoms with van der Waals surface area (Å²) in [6.07, 6.45) is 0. The van der Waals surface area contributed by atoms with E-state index >= 15 is 0 Å². The second-order valence-electron chi connectivity index (χ2n) is 16.2. The van der Waals surface area contributed by atoms with Gasteiger partial charge in [0.05, 0.1) is 9.81 Å². The molecular formula is C61H51O2P3S2+2. The maximum Gasteiger partial charge on any atom is 0.303 e. The van der Waals surface area contributed by atoms with Crippen LogP contribution in [0.5, 0.6) is 0 Å². The van der Waals surface area contributed by atoms with Crippen molar-refractivity contribution in [1.29, 1.82) is 0 Å².